The SMILES string of the molecule is C=C(C)C(=O)NC1CCC2CC1(C(=O)O)OC2=O. The van der Waals surface area contributed by atoms with Crippen molar-refractivity contribution in [3.05, 3.63) is 12.2 Å². The zero-order valence-corrected chi connectivity index (χ0v) is 10.1. The maximum Gasteiger partial charge on any atom is 0.350 e. The second kappa shape index (κ2) is 4.12. The molecule has 0 spiro atoms. The van der Waals surface area contributed by atoms with Crippen molar-refractivity contribution in [2.75, 3.05) is 0 Å². The van der Waals surface area contributed by atoms with E-state index in [1.807, 2.05) is 0 Å². The predicted molar refractivity (Wildman–Crippen MR) is 60.5 cm³/mol. The Labute approximate surface area is 104 Å². The Morgan fingerprint density at radius 3 is 2.72 bits per heavy atom. The van der Waals surface area contributed by atoms with Crippen molar-refractivity contribution in [1.82, 2.24) is 5.32 Å². The molecule has 6 nitrogen and oxygen atoms in total. The van der Waals surface area contributed by atoms with E-state index in [1.54, 1.807) is 0 Å². The van der Waals surface area contributed by atoms with Gasteiger partial charge in [0.25, 0.3) is 0 Å². The molecule has 2 aliphatic rings. The molecule has 1 saturated carbocycles. The molecule has 2 bridgehead atoms. The lowest BCUT2D eigenvalue weighted by Crippen LogP contribution is -2.58. The lowest BCUT2D eigenvalue weighted by atomic mass is 9.77. The lowest BCUT2D eigenvalue weighted by molar-refractivity contribution is -0.173. The first-order chi connectivity index (χ1) is 8.36. The monoisotopic (exact) mass is 253 g/mol. The van der Waals surface area contributed by atoms with Crippen molar-refractivity contribution < 1.29 is 24.2 Å². The minimum Gasteiger partial charge on any atom is -0.478 e. The normalized spacial score (nSPS) is 33.7. The molecule has 0 aromatic carbocycles. The summed E-state index contributed by atoms with van der Waals surface area (Å²) in [4.78, 5) is 34.5. The standard InChI is InChI=1S/C12H15NO5/c1-6(2)9(14)13-8-4-3-7-5-12(8,11(16)17)18-10(7)15/h7-8H,1,3-5H2,2H3,(H,13,14)(H,16,17). The first kappa shape index (κ1) is 12.6. The van der Waals surface area contributed by atoms with Crippen molar-refractivity contribution in [3.8, 4) is 0 Å². The average Bonchev–Trinajstić information content (AvgIpc) is 2.57. The average molecular weight is 253 g/mol. The number of esters is 1. The first-order valence-corrected chi connectivity index (χ1v) is 5.79. The van der Waals surface area contributed by atoms with E-state index in [0.29, 0.717) is 18.4 Å². The van der Waals surface area contributed by atoms with Crippen LogP contribution >= 0.6 is 0 Å². The van der Waals surface area contributed by atoms with Crippen LogP contribution in [0.15, 0.2) is 12.2 Å². The number of rotatable bonds is 3. The van der Waals surface area contributed by atoms with Gasteiger partial charge in [0.15, 0.2) is 0 Å². The quantitative estimate of drug-likeness (QED) is 0.554. The van der Waals surface area contributed by atoms with Crippen LogP contribution in [0.3, 0.4) is 0 Å². The van der Waals surface area contributed by atoms with Gasteiger partial charge in [-0.15, -0.1) is 0 Å². The summed E-state index contributed by atoms with van der Waals surface area (Å²) in [7, 11) is 0. The van der Waals surface area contributed by atoms with Crippen LogP contribution in [-0.4, -0.2) is 34.6 Å². The Bertz CT molecular complexity index is 444. The summed E-state index contributed by atoms with van der Waals surface area (Å²) < 4.78 is 5.04. The Hall–Kier alpha value is -1.85. The summed E-state index contributed by atoms with van der Waals surface area (Å²) in [6.07, 6.45) is 1.08. The third kappa shape index (κ3) is 1.77. The van der Waals surface area contributed by atoms with Crippen LogP contribution < -0.4 is 5.32 Å². The van der Waals surface area contributed by atoms with E-state index in [9.17, 15) is 19.5 Å². The third-order valence-corrected chi connectivity index (χ3v) is 3.59. The molecule has 6 heteroatoms. The molecule has 0 radical (unpaired) electrons. The number of carbonyl (C=O) groups is 3. The van der Waals surface area contributed by atoms with Gasteiger partial charge in [0.05, 0.1) is 12.0 Å². The summed E-state index contributed by atoms with van der Waals surface area (Å²) in [5.74, 6) is -2.46. The van der Waals surface area contributed by atoms with Gasteiger partial charge in [0.2, 0.25) is 11.5 Å². The van der Waals surface area contributed by atoms with Gasteiger partial charge in [-0.2, -0.15) is 0 Å². The summed E-state index contributed by atoms with van der Waals surface area (Å²) >= 11 is 0. The molecule has 1 heterocycles. The fourth-order valence-corrected chi connectivity index (χ4v) is 2.54. The van der Waals surface area contributed by atoms with Gasteiger partial charge in [-0.3, -0.25) is 9.59 Å². The fourth-order valence-electron chi connectivity index (χ4n) is 2.54. The largest absolute Gasteiger partial charge is 0.478 e. The molecular weight excluding hydrogens is 238 g/mol. The van der Waals surface area contributed by atoms with E-state index in [1.165, 1.54) is 6.92 Å². The third-order valence-electron chi connectivity index (χ3n) is 3.59. The number of hydrogen-bond acceptors (Lipinski definition) is 4. The van der Waals surface area contributed by atoms with E-state index in [4.69, 9.17) is 4.74 Å². The lowest BCUT2D eigenvalue weighted by Gasteiger charge is -2.35. The molecule has 3 unspecified atom stereocenters. The van der Waals surface area contributed by atoms with Crippen LogP contribution in [0.25, 0.3) is 0 Å². The highest BCUT2D eigenvalue weighted by molar-refractivity contribution is 5.94. The second-order valence-electron chi connectivity index (χ2n) is 4.90. The van der Waals surface area contributed by atoms with Crippen LogP contribution in [0, 0.1) is 5.92 Å². The number of nitrogens with one attached hydrogen (secondary N) is 1. The van der Waals surface area contributed by atoms with Crippen LogP contribution in [-0.2, 0) is 19.1 Å². The zero-order valence-electron chi connectivity index (χ0n) is 10.1. The van der Waals surface area contributed by atoms with Crippen LogP contribution in [0.2, 0.25) is 0 Å². The molecule has 0 aromatic rings. The highest BCUT2D eigenvalue weighted by atomic mass is 16.6. The maximum absolute atomic E-state index is 11.6. The van der Waals surface area contributed by atoms with E-state index in [-0.39, 0.29) is 12.3 Å². The van der Waals surface area contributed by atoms with Crippen molar-refractivity contribution in [2.45, 2.75) is 37.8 Å². The predicted octanol–water partition coefficient (Wildman–Crippen LogP) is 0.228. The van der Waals surface area contributed by atoms with E-state index >= 15 is 0 Å². The second-order valence-corrected chi connectivity index (χ2v) is 4.90. The molecule has 3 atom stereocenters. The Morgan fingerprint density at radius 1 is 1.50 bits per heavy atom. The highest BCUT2D eigenvalue weighted by Gasteiger charge is 2.60. The number of hydrogen-bond donors (Lipinski definition) is 2. The molecule has 1 saturated heterocycles. The maximum atomic E-state index is 11.6. The number of fused-ring (bicyclic) bond motifs is 2. The van der Waals surface area contributed by atoms with Gasteiger partial charge in [-0.25, -0.2) is 4.79 Å². The van der Waals surface area contributed by atoms with Gasteiger partial charge in [0.1, 0.15) is 0 Å². The molecule has 0 aromatic heterocycles. The van der Waals surface area contributed by atoms with Crippen molar-refractivity contribution in [1.29, 1.82) is 0 Å². The number of carboxylic acid groups (broad SMARTS) is 1. The van der Waals surface area contributed by atoms with Gasteiger partial charge in [-0.1, -0.05) is 6.58 Å². The summed E-state index contributed by atoms with van der Waals surface area (Å²) in [5.41, 5.74) is -1.31. The Kier molecular flexibility index (Phi) is 2.88. The minimum absolute atomic E-state index is 0.127. The summed E-state index contributed by atoms with van der Waals surface area (Å²) in [6, 6.07) is -0.693. The highest BCUT2D eigenvalue weighted by Crippen LogP contribution is 2.43. The van der Waals surface area contributed by atoms with E-state index in [2.05, 4.69) is 11.9 Å². The van der Waals surface area contributed by atoms with Gasteiger partial charge in [0, 0.05) is 12.0 Å². The van der Waals surface area contributed by atoms with E-state index < -0.39 is 29.5 Å². The summed E-state index contributed by atoms with van der Waals surface area (Å²) in [5, 5.41) is 11.9. The summed E-state index contributed by atoms with van der Waals surface area (Å²) in [6.45, 7) is 5.03. The Morgan fingerprint density at radius 2 is 2.17 bits per heavy atom. The molecule has 2 N–H and O–H groups in total. The minimum atomic E-state index is -1.61. The number of carboxylic acids is 1. The molecular formula is C12H15NO5. The van der Waals surface area contributed by atoms with Gasteiger partial charge >= 0.3 is 11.9 Å². The molecule has 2 fully saturated rings. The van der Waals surface area contributed by atoms with Crippen LogP contribution in [0.1, 0.15) is 26.2 Å². The van der Waals surface area contributed by atoms with E-state index in [0.717, 1.165) is 0 Å². The van der Waals surface area contributed by atoms with Crippen LogP contribution in [0.5, 0.6) is 0 Å². The molecule has 1 amide bonds. The molecule has 98 valence electrons. The number of amides is 1. The molecule has 1 aliphatic carbocycles. The van der Waals surface area contributed by atoms with Crippen molar-refractivity contribution in [2.24, 2.45) is 5.92 Å². The van der Waals surface area contributed by atoms with Gasteiger partial charge < -0.3 is 15.2 Å². The topological polar surface area (TPSA) is 92.7 Å². The molecule has 18 heavy (non-hydrogen) atoms. The number of ether oxygens (including phenoxy) is 1. The van der Waals surface area contributed by atoms with Gasteiger partial charge in [-0.05, 0) is 19.8 Å². The molecule has 2 rings (SSSR count). The number of carbonyl (C=O) groups excluding carboxylic acids is 2. The van der Waals surface area contributed by atoms with Crippen molar-refractivity contribution in [3.63, 3.8) is 0 Å². The smallest absolute Gasteiger partial charge is 0.350 e. The molecule has 1 aliphatic heterocycles. The zero-order chi connectivity index (χ0) is 13.5. The van der Waals surface area contributed by atoms with Crippen molar-refractivity contribution >= 4 is 17.8 Å². The first-order valence-electron chi connectivity index (χ1n) is 5.79. The Balaban J connectivity index is 2.24. The van der Waals surface area contributed by atoms with Crippen LogP contribution in [0.4, 0.5) is 0 Å². The number of aliphatic carboxylic acids is 1. The fraction of sp³-hybridized carbons (Fsp3) is 0.583.